The summed E-state index contributed by atoms with van der Waals surface area (Å²) in [7, 11) is 0. The molecular weight excluding hydrogens is 498 g/mol. The fourth-order valence-electron chi connectivity index (χ4n) is 3.45. The Labute approximate surface area is 222 Å². The Kier molecular flexibility index (Phi) is 11.9. The van der Waals surface area contributed by atoms with Gasteiger partial charge in [-0.3, -0.25) is 9.59 Å². The SMILES string of the molecule is C=CCn1c(=O)n(CC(O)COC(=O)C(C)(C)CC(=O)OC(C)(CC)CC)c(=O)n(CC(O)C(C)C)c1=O. The van der Waals surface area contributed by atoms with Gasteiger partial charge in [-0.25, -0.2) is 28.1 Å². The number of allylic oxidation sites excluding steroid dienone is 1. The van der Waals surface area contributed by atoms with E-state index < -0.39 is 65.4 Å². The molecule has 0 saturated heterocycles. The van der Waals surface area contributed by atoms with Crippen LogP contribution in [0.1, 0.15) is 67.7 Å². The molecule has 12 nitrogen and oxygen atoms in total. The first kappa shape index (κ1) is 33.0. The maximum absolute atomic E-state index is 12.9. The lowest BCUT2D eigenvalue weighted by molar-refractivity contribution is -0.169. The van der Waals surface area contributed by atoms with Gasteiger partial charge in [-0.05, 0) is 39.5 Å². The van der Waals surface area contributed by atoms with E-state index in [2.05, 4.69) is 6.58 Å². The van der Waals surface area contributed by atoms with Gasteiger partial charge in [0.05, 0.1) is 37.6 Å². The summed E-state index contributed by atoms with van der Waals surface area (Å²) in [6.07, 6.45) is -0.222. The predicted molar refractivity (Wildman–Crippen MR) is 141 cm³/mol. The van der Waals surface area contributed by atoms with Gasteiger partial charge in [0.2, 0.25) is 0 Å². The second-order valence-electron chi connectivity index (χ2n) is 10.7. The minimum Gasteiger partial charge on any atom is -0.462 e. The van der Waals surface area contributed by atoms with Crippen LogP contribution >= 0.6 is 0 Å². The number of ether oxygens (including phenoxy) is 2. The van der Waals surface area contributed by atoms with Crippen molar-refractivity contribution in [1.29, 1.82) is 0 Å². The van der Waals surface area contributed by atoms with Crippen molar-refractivity contribution in [2.24, 2.45) is 11.3 Å². The van der Waals surface area contributed by atoms with Gasteiger partial charge in [0.1, 0.15) is 18.3 Å². The molecule has 1 heterocycles. The summed E-state index contributed by atoms with van der Waals surface area (Å²) >= 11 is 0. The Balaban J connectivity index is 3.06. The van der Waals surface area contributed by atoms with Crippen molar-refractivity contribution < 1.29 is 29.3 Å². The molecule has 1 rings (SSSR count). The van der Waals surface area contributed by atoms with E-state index in [1.54, 1.807) is 13.8 Å². The van der Waals surface area contributed by atoms with Crippen LogP contribution in [0, 0.1) is 11.3 Å². The summed E-state index contributed by atoms with van der Waals surface area (Å²) in [5, 5.41) is 20.7. The van der Waals surface area contributed by atoms with Crippen LogP contribution in [0.4, 0.5) is 0 Å². The first-order valence-corrected chi connectivity index (χ1v) is 12.8. The van der Waals surface area contributed by atoms with Crippen LogP contribution in [0.5, 0.6) is 0 Å². The van der Waals surface area contributed by atoms with Crippen LogP contribution in [0.15, 0.2) is 27.0 Å². The lowest BCUT2D eigenvalue weighted by atomic mass is 9.89. The van der Waals surface area contributed by atoms with E-state index in [4.69, 9.17) is 9.47 Å². The number of carbonyl (C=O) groups is 2. The summed E-state index contributed by atoms with van der Waals surface area (Å²) in [5.41, 5.74) is -4.79. The van der Waals surface area contributed by atoms with Gasteiger partial charge in [0.15, 0.2) is 0 Å². The van der Waals surface area contributed by atoms with Gasteiger partial charge in [0, 0.05) is 0 Å². The number of esters is 2. The number of nitrogens with zero attached hydrogens (tertiary/aromatic N) is 3. The van der Waals surface area contributed by atoms with E-state index >= 15 is 0 Å². The normalized spacial score (nSPS) is 13.7. The highest BCUT2D eigenvalue weighted by molar-refractivity contribution is 5.82. The quantitative estimate of drug-likeness (QED) is 0.242. The smallest absolute Gasteiger partial charge is 0.336 e. The third kappa shape index (κ3) is 8.52. The molecule has 0 radical (unpaired) electrons. The topological polar surface area (TPSA) is 159 Å². The molecular formula is C26H43N3O9. The van der Waals surface area contributed by atoms with Crippen molar-refractivity contribution in [3.63, 3.8) is 0 Å². The molecule has 1 aromatic rings. The van der Waals surface area contributed by atoms with Crippen molar-refractivity contribution in [3.8, 4) is 0 Å². The molecule has 0 aliphatic rings. The van der Waals surface area contributed by atoms with Gasteiger partial charge in [-0.15, -0.1) is 6.58 Å². The monoisotopic (exact) mass is 541 g/mol. The maximum Gasteiger partial charge on any atom is 0.336 e. The second kappa shape index (κ2) is 13.7. The zero-order valence-corrected chi connectivity index (χ0v) is 23.6. The van der Waals surface area contributed by atoms with Crippen molar-refractivity contribution in [2.45, 2.75) is 105 Å². The molecule has 0 saturated carbocycles. The van der Waals surface area contributed by atoms with Crippen LogP contribution in [0.2, 0.25) is 0 Å². The number of aliphatic hydroxyl groups is 2. The highest BCUT2D eigenvalue weighted by Gasteiger charge is 2.35. The summed E-state index contributed by atoms with van der Waals surface area (Å²) in [6.45, 7) is 13.8. The highest BCUT2D eigenvalue weighted by Crippen LogP contribution is 2.27. The summed E-state index contributed by atoms with van der Waals surface area (Å²) in [6, 6.07) is 0. The number of hydrogen-bond acceptors (Lipinski definition) is 9. The molecule has 0 fully saturated rings. The van der Waals surface area contributed by atoms with Crippen LogP contribution < -0.4 is 17.1 Å². The van der Waals surface area contributed by atoms with E-state index in [-0.39, 0.29) is 25.4 Å². The lowest BCUT2D eigenvalue weighted by Gasteiger charge is -2.29. The van der Waals surface area contributed by atoms with Crippen molar-refractivity contribution in [2.75, 3.05) is 6.61 Å². The summed E-state index contributed by atoms with van der Waals surface area (Å²) in [5.74, 6) is -1.60. The Morgan fingerprint density at radius 3 is 1.92 bits per heavy atom. The van der Waals surface area contributed by atoms with Crippen molar-refractivity contribution in [3.05, 3.63) is 44.1 Å². The van der Waals surface area contributed by atoms with Gasteiger partial charge < -0.3 is 19.7 Å². The molecule has 2 unspecified atom stereocenters. The Bertz CT molecular complexity index is 1160. The summed E-state index contributed by atoms with van der Waals surface area (Å²) in [4.78, 5) is 63.6. The first-order chi connectivity index (χ1) is 17.5. The first-order valence-electron chi connectivity index (χ1n) is 12.8. The fourth-order valence-corrected chi connectivity index (χ4v) is 3.45. The van der Waals surface area contributed by atoms with E-state index in [0.717, 1.165) is 9.13 Å². The van der Waals surface area contributed by atoms with E-state index in [9.17, 15) is 34.2 Å². The molecule has 0 amide bonds. The number of aromatic nitrogens is 3. The van der Waals surface area contributed by atoms with Crippen LogP contribution in [-0.4, -0.2) is 60.3 Å². The molecule has 0 aliphatic carbocycles. The molecule has 1 aromatic heterocycles. The molecule has 2 atom stereocenters. The van der Waals surface area contributed by atoms with Gasteiger partial charge in [-0.2, -0.15) is 0 Å². The third-order valence-electron chi connectivity index (χ3n) is 6.63. The molecule has 0 aromatic carbocycles. The number of aliphatic hydroxyl groups excluding tert-OH is 2. The molecule has 0 aliphatic heterocycles. The minimum absolute atomic E-state index is 0.194. The van der Waals surface area contributed by atoms with Crippen LogP contribution in [0.3, 0.4) is 0 Å². The second-order valence-corrected chi connectivity index (χ2v) is 10.7. The zero-order valence-electron chi connectivity index (χ0n) is 23.6. The highest BCUT2D eigenvalue weighted by atomic mass is 16.6. The molecule has 38 heavy (non-hydrogen) atoms. The van der Waals surface area contributed by atoms with E-state index in [1.165, 1.54) is 19.9 Å². The Morgan fingerprint density at radius 2 is 1.45 bits per heavy atom. The van der Waals surface area contributed by atoms with E-state index in [0.29, 0.717) is 17.4 Å². The van der Waals surface area contributed by atoms with Gasteiger partial charge in [0.25, 0.3) is 0 Å². The largest absolute Gasteiger partial charge is 0.462 e. The number of hydrogen-bond donors (Lipinski definition) is 2. The fraction of sp³-hybridized carbons (Fsp3) is 0.731. The average Bonchev–Trinajstić information content (AvgIpc) is 2.84. The molecule has 0 spiro atoms. The van der Waals surface area contributed by atoms with Gasteiger partial charge >= 0.3 is 29.0 Å². The third-order valence-corrected chi connectivity index (χ3v) is 6.63. The van der Waals surface area contributed by atoms with Crippen molar-refractivity contribution in [1.82, 2.24) is 13.7 Å². The van der Waals surface area contributed by atoms with Crippen LogP contribution in [0.25, 0.3) is 0 Å². The standard InChI is InChI=1S/C26H43N3O9/c1-9-12-27-22(34)28(24(36)29(23(27)35)15-19(31)17(4)5)14-18(30)16-37-21(33)25(6,7)13-20(32)38-26(8,10-2)11-3/h9,17-19,30-31H,1,10-16H2,2-8H3. The molecule has 216 valence electrons. The van der Waals surface area contributed by atoms with Crippen molar-refractivity contribution >= 4 is 11.9 Å². The Hall–Kier alpha value is -2.99. The maximum atomic E-state index is 12.9. The molecule has 12 heteroatoms. The minimum atomic E-state index is -1.48. The Morgan fingerprint density at radius 1 is 0.947 bits per heavy atom. The molecule has 0 bridgehead atoms. The number of carbonyl (C=O) groups excluding carboxylic acids is 2. The predicted octanol–water partition coefficient (Wildman–Crippen LogP) is 0.817. The van der Waals surface area contributed by atoms with E-state index in [1.807, 2.05) is 20.8 Å². The summed E-state index contributed by atoms with van der Waals surface area (Å²) < 4.78 is 12.8. The lowest BCUT2D eigenvalue weighted by Crippen LogP contribution is -2.56. The van der Waals surface area contributed by atoms with Crippen LogP contribution in [-0.2, 0) is 38.7 Å². The number of rotatable bonds is 15. The zero-order chi connectivity index (χ0) is 29.4. The average molecular weight is 542 g/mol. The molecule has 2 N–H and O–H groups in total. The van der Waals surface area contributed by atoms with Gasteiger partial charge in [-0.1, -0.05) is 33.8 Å².